The summed E-state index contributed by atoms with van der Waals surface area (Å²) in [6, 6.07) is 0. The van der Waals surface area contributed by atoms with Crippen molar-refractivity contribution in [2.75, 3.05) is 92.1 Å². The second kappa shape index (κ2) is 17.3. The Hall–Kier alpha value is -0.794. The standard InChI is InChI=1S/C16H30N2O8.Co/c19-15(20)13-17-1-5-23-9-10-25-7-3-18(14-16(21)22)4-8-26-12-11-24-6-2-17;/h1-14H2,(H,19,20)(H,21,22);/q;+2/p-2. The topological polar surface area (TPSA) is 124 Å². The third-order valence-corrected chi connectivity index (χ3v) is 3.66. The Morgan fingerprint density at radius 2 is 0.852 bits per heavy atom. The molecule has 1 aliphatic heterocycles. The number of carboxylic acid groups (broad SMARTS) is 2. The number of nitrogens with zero attached hydrogens (tertiary/aromatic N) is 2. The minimum Gasteiger partial charge on any atom is -0.549 e. The summed E-state index contributed by atoms with van der Waals surface area (Å²) < 4.78 is 21.7. The van der Waals surface area contributed by atoms with Crippen LogP contribution in [0.5, 0.6) is 0 Å². The SMILES string of the molecule is O=C([O-])CN1CCOCCOCCN(CC(=O)[O-])CCOCCOCC1.[Co+2]. The fourth-order valence-electron chi connectivity index (χ4n) is 2.32. The molecule has 0 unspecified atom stereocenters. The van der Waals surface area contributed by atoms with Crippen molar-refractivity contribution in [1.29, 1.82) is 0 Å². The Bertz CT molecular complexity index is 347. The molecule has 10 nitrogen and oxygen atoms in total. The van der Waals surface area contributed by atoms with Crippen LogP contribution in [0.15, 0.2) is 0 Å². The first-order chi connectivity index (χ1) is 12.6. The second-order valence-corrected chi connectivity index (χ2v) is 5.75. The van der Waals surface area contributed by atoms with Gasteiger partial charge in [0.25, 0.3) is 0 Å². The molecule has 1 fully saturated rings. The maximum atomic E-state index is 10.8. The van der Waals surface area contributed by atoms with Gasteiger partial charge in [-0.05, 0) is 0 Å². The molecule has 1 heterocycles. The third-order valence-electron chi connectivity index (χ3n) is 3.66. The number of carbonyl (C=O) groups excluding carboxylic acids is 2. The van der Waals surface area contributed by atoms with Crippen LogP contribution in [0.3, 0.4) is 0 Å². The number of ether oxygens (including phenoxy) is 4. The number of rotatable bonds is 4. The van der Waals surface area contributed by atoms with Gasteiger partial charge in [0.2, 0.25) is 0 Å². The van der Waals surface area contributed by atoms with Crippen molar-refractivity contribution in [3.05, 3.63) is 0 Å². The monoisotopic (exact) mass is 435 g/mol. The Kier molecular flexibility index (Phi) is 16.8. The Balaban J connectivity index is 0.00000676. The van der Waals surface area contributed by atoms with Crippen LogP contribution >= 0.6 is 0 Å². The molecule has 0 aliphatic carbocycles. The van der Waals surface area contributed by atoms with E-state index in [-0.39, 0.29) is 29.9 Å². The maximum Gasteiger partial charge on any atom is 2.00 e. The van der Waals surface area contributed by atoms with E-state index in [4.69, 9.17) is 18.9 Å². The van der Waals surface area contributed by atoms with Crippen LogP contribution < -0.4 is 10.2 Å². The average Bonchev–Trinajstić information content (AvgIpc) is 2.57. The quantitative estimate of drug-likeness (QED) is 0.434. The fraction of sp³-hybridized carbons (Fsp3) is 0.875. The molecule has 27 heavy (non-hydrogen) atoms. The zero-order chi connectivity index (χ0) is 19.0. The van der Waals surface area contributed by atoms with Gasteiger partial charge in [0.1, 0.15) is 0 Å². The van der Waals surface area contributed by atoms with E-state index in [1.807, 2.05) is 0 Å². The molecule has 1 saturated heterocycles. The molecule has 0 bridgehead atoms. The van der Waals surface area contributed by atoms with Gasteiger partial charge < -0.3 is 38.7 Å². The Morgan fingerprint density at radius 1 is 0.593 bits per heavy atom. The summed E-state index contributed by atoms with van der Waals surface area (Å²) in [4.78, 5) is 24.9. The van der Waals surface area contributed by atoms with E-state index in [9.17, 15) is 19.8 Å². The van der Waals surface area contributed by atoms with Crippen molar-refractivity contribution >= 4 is 11.9 Å². The molecule has 0 spiro atoms. The van der Waals surface area contributed by atoms with E-state index in [1.54, 1.807) is 9.80 Å². The molecule has 0 atom stereocenters. The van der Waals surface area contributed by atoms with Crippen LogP contribution in [0.2, 0.25) is 0 Å². The first kappa shape index (κ1) is 26.2. The Morgan fingerprint density at radius 3 is 1.07 bits per heavy atom. The molecule has 1 rings (SSSR count). The number of hydrogen-bond donors (Lipinski definition) is 0. The van der Waals surface area contributed by atoms with E-state index >= 15 is 0 Å². The molecule has 1 aliphatic rings. The van der Waals surface area contributed by atoms with Crippen molar-refractivity contribution in [3.63, 3.8) is 0 Å². The summed E-state index contributed by atoms with van der Waals surface area (Å²) in [6.45, 7) is 4.44. The predicted molar refractivity (Wildman–Crippen MR) is 86.2 cm³/mol. The Labute approximate surface area is 169 Å². The van der Waals surface area contributed by atoms with Crippen molar-refractivity contribution in [3.8, 4) is 0 Å². The summed E-state index contributed by atoms with van der Waals surface area (Å²) in [6.07, 6.45) is 0. The first-order valence-corrected chi connectivity index (χ1v) is 8.73. The van der Waals surface area contributed by atoms with Gasteiger partial charge in [0.05, 0.1) is 64.8 Å². The molecule has 0 amide bonds. The van der Waals surface area contributed by atoms with Gasteiger partial charge in [-0.2, -0.15) is 0 Å². The molecule has 11 heteroatoms. The van der Waals surface area contributed by atoms with E-state index in [1.165, 1.54) is 0 Å². The van der Waals surface area contributed by atoms with Gasteiger partial charge in [-0.25, -0.2) is 0 Å². The van der Waals surface area contributed by atoms with Crippen LogP contribution in [-0.4, -0.2) is 114 Å². The number of hydrogen-bond acceptors (Lipinski definition) is 10. The average molecular weight is 435 g/mol. The number of carboxylic acids is 2. The first-order valence-electron chi connectivity index (χ1n) is 8.73. The summed E-state index contributed by atoms with van der Waals surface area (Å²) >= 11 is 0. The predicted octanol–water partition coefficient (Wildman–Crippen LogP) is -3.83. The minimum absolute atomic E-state index is 0. The van der Waals surface area contributed by atoms with Crippen LogP contribution in [0, 0.1) is 0 Å². The maximum absolute atomic E-state index is 10.8. The van der Waals surface area contributed by atoms with Crippen LogP contribution in [0.4, 0.5) is 0 Å². The van der Waals surface area contributed by atoms with Gasteiger partial charge in [0.15, 0.2) is 0 Å². The van der Waals surface area contributed by atoms with E-state index in [0.717, 1.165) is 0 Å². The zero-order valence-electron chi connectivity index (χ0n) is 15.4. The van der Waals surface area contributed by atoms with Crippen molar-refractivity contribution < 1.29 is 55.5 Å². The van der Waals surface area contributed by atoms with Crippen LogP contribution in [0.1, 0.15) is 0 Å². The van der Waals surface area contributed by atoms with Gasteiger partial charge >= 0.3 is 16.8 Å². The molecule has 0 aromatic carbocycles. The summed E-state index contributed by atoms with van der Waals surface area (Å²) in [5.41, 5.74) is 0. The number of aliphatic carboxylic acids is 2. The van der Waals surface area contributed by atoms with Crippen molar-refractivity contribution in [2.24, 2.45) is 0 Å². The molecular formula is C16H28CoN2O8. The molecule has 1 radical (unpaired) electrons. The van der Waals surface area contributed by atoms with E-state index < -0.39 is 11.9 Å². The van der Waals surface area contributed by atoms with Gasteiger partial charge in [-0.1, -0.05) is 0 Å². The van der Waals surface area contributed by atoms with Crippen LogP contribution in [-0.2, 0) is 45.3 Å². The normalized spacial score (nSPS) is 20.7. The molecule has 0 N–H and O–H groups in total. The minimum atomic E-state index is -1.14. The van der Waals surface area contributed by atoms with Crippen LogP contribution in [0.25, 0.3) is 0 Å². The molecule has 0 saturated carbocycles. The summed E-state index contributed by atoms with van der Waals surface area (Å²) in [5.74, 6) is -2.28. The summed E-state index contributed by atoms with van der Waals surface area (Å²) in [5, 5.41) is 21.5. The number of carbonyl (C=O) groups is 2. The van der Waals surface area contributed by atoms with E-state index in [0.29, 0.717) is 79.0 Å². The molecule has 159 valence electrons. The zero-order valence-corrected chi connectivity index (χ0v) is 16.4. The van der Waals surface area contributed by atoms with Gasteiger partial charge in [-0.3, -0.25) is 9.80 Å². The molecule has 0 aromatic heterocycles. The molecular weight excluding hydrogens is 407 g/mol. The van der Waals surface area contributed by atoms with Gasteiger partial charge in [0, 0.05) is 39.3 Å². The largest absolute Gasteiger partial charge is 2.00 e. The summed E-state index contributed by atoms with van der Waals surface area (Å²) in [7, 11) is 0. The fourth-order valence-corrected chi connectivity index (χ4v) is 2.32. The van der Waals surface area contributed by atoms with Gasteiger partial charge in [-0.15, -0.1) is 0 Å². The van der Waals surface area contributed by atoms with E-state index in [2.05, 4.69) is 0 Å². The smallest absolute Gasteiger partial charge is 0.549 e. The van der Waals surface area contributed by atoms with Crippen molar-refractivity contribution in [2.45, 2.75) is 0 Å². The van der Waals surface area contributed by atoms with Crippen molar-refractivity contribution in [1.82, 2.24) is 9.80 Å². The third kappa shape index (κ3) is 15.9. The molecule has 0 aromatic rings. The second-order valence-electron chi connectivity index (χ2n) is 5.75.